The molecule has 1 aliphatic rings. The first-order valence-electron chi connectivity index (χ1n) is 8.13. The van der Waals surface area contributed by atoms with Gasteiger partial charge in [-0.1, -0.05) is 29.8 Å². The van der Waals surface area contributed by atoms with Crippen LogP contribution in [0.3, 0.4) is 0 Å². The van der Waals surface area contributed by atoms with Gasteiger partial charge in [-0.15, -0.1) is 0 Å². The summed E-state index contributed by atoms with van der Waals surface area (Å²) < 4.78 is 0. The number of carbonyl (C=O) groups is 1. The van der Waals surface area contributed by atoms with Crippen molar-refractivity contribution in [3.8, 4) is 0 Å². The number of ketones is 1. The number of benzene rings is 2. The maximum Gasteiger partial charge on any atom is 0.185 e. The van der Waals surface area contributed by atoms with E-state index in [2.05, 4.69) is 4.90 Å². The van der Waals surface area contributed by atoms with E-state index in [1.54, 1.807) is 18.2 Å². The molecule has 1 aliphatic heterocycles. The quantitative estimate of drug-likeness (QED) is 0.669. The van der Waals surface area contributed by atoms with E-state index in [1.165, 1.54) is 0 Å². The van der Waals surface area contributed by atoms with E-state index in [-0.39, 0.29) is 11.9 Å². The van der Waals surface area contributed by atoms with Crippen LogP contribution in [-0.4, -0.2) is 30.1 Å². The van der Waals surface area contributed by atoms with Crippen molar-refractivity contribution in [2.75, 3.05) is 18.0 Å². The topological polar surface area (TPSA) is 40.5 Å². The van der Waals surface area contributed by atoms with Gasteiger partial charge in [-0.25, -0.2) is 0 Å². The Labute approximate surface area is 147 Å². The molecule has 1 saturated heterocycles. The molecule has 24 heavy (non-hydrogen) atoms. The first-order valence-corrected chi connectivity index (χ1v) is 8.51. The summed E-state index contributed by atoms with van der Waals surface area (Å²) in [5, 5.41) is 10.2. The molecule has 1 heterocycles. The summed E-state index contributed by atoms with van der Waals surface area (Å²) in [6, 6.07) is 15.0. The van der Waals surface area contributed by atoms with Crippen molar-refractivity contribution in [2.45, 2.75) is 18.9 Å². The molecule has 3 rings (SSSR count). The molecule has 0 unspecified atom stereocenters. The van der Waals surface area contributed by atoms with Crippen LogP contribution in [0.5, 0.6) is 0 Å². The van der Waals surface area contributed by atoms with Crippen LogP contribution in [0.15, 0.2) is 54.6 Å². The first-order chi connectivity index (χ1) is 11.6. The number of hydrogen-bond acceptors (Lipinski definition) is 3. The van der Waals surface area contributed by atoms with Gasteiger partial charge in [0.1, 0.15) is 0 Å². The van der Waals surface area contributed by atoms with Crippen LogP contribution in [0.1, 0.15) is 28.8 Å². The fourth-order valence-corrected chi connectivity index (χ4v) is 3.04. The number of hydrogen-bond donors (Lipinski definition) is 1. The van der Waals surface area contributed by atoms with Crippen LogP contribution in [0.25, 0.3) is 6.08 Å². The highest BCUT2D eigenvalue weighted by molar-refractivity contribution is 6.30. The van der Waals surface area contributed by atoms with Crippen LogP contribution in [-0.2, 0) is 0 Å². The number of rotatable bonds is 4. The van der Waals surface area contributed by atoms with Gasteiger partial charge in [-0.2, -0.15) is 0 Å². The number of allylic oxidation sites excluding steroid dienone is 1. The van der Waals surface area contributed by atoms with Crippen LogP contribution in [0.2, 0.25) is 5.02 Å². The average molecular weight is 342 g/mol. The highest BCUT2D eigenvalue weighted by atomic mass is 35.5. The third kappa shape index (κ3) is 4.25. The zero-order valence-corrected chi connectivity index (χ0v) is 14.1. The van der Waals surface area contributed by atoms with Gasteiger partial charge in [0.2, 0.25) is 0 Å². The summed E-state index contributed by atoms with van der Waals surface area (Å²) in [5.74, 6) is -0.0319. The maximum absolute atomic E-state index is 12.3. The summed E-state index contributed by atoms with van der Waals surface area (Å²) in [6.07, 6.45) is 4.75. The van der Waals surface area contributed by atoms with Crippen LogP contribution in [0.4, 0.5) is 5.69 Å². The number of piperidine rings is 1. The lowest BCUT2D eigenvalue weighted by Crippen LogP contribution is -2.35. The Morgan fingerprint density at radius 2 is 1.83 bits per heavy atom. The van der Waals surface area contributed by atoms with Crippen molar-refractivity contribution in [2.24, 2.45) is 0 Å². The summed E-state index contributed by atoms with van der Waals surface area (Å²) in [5.41, 5.74) is 2.66. The summed E-state index contributed by atoms with van der Waals surface area (Å²) in [4.78, 5) is 14.5. The standard InChI is InChI=1S/C20H20ClNO2/c21-17-3-1-2-15(14-17)4-9-20(24)16-5-7-18(8-6-16)22-12-10-19(23)11-13-22/h1-9,14,19,23H,10-13H2/b9-4+. The third-order valence-corrected chi connectivity index (χ3v) is 4.49. The molecular weight excluding hydrogens is 322 g/mol. The normalized spacial score (nSPS) is 15.8. The van der Waals surface area contributed by atoms with Crippen molar-refractivity contribution >= 4 is 29.1 Å². The van der Waals surface area contributed by atoms with Crippen molar-refractivity contribution < 1.29 is 9.90 Å². The van der Waals surface area contributed by atoms with Crippen molar-refractivity contribution in [1.82, 2.24) is 0 Å². The number of aliphatic hydroxyl groups excluding tert-OH is 1. The lowest BCUT2D eigenvalue weighted by atomic mass is 10.1. The maximum atomic E-state index is 12.3. The SMILES string of the molecule is O=C(/C=C/c1cccc(Cl)c1)c1ccc(N2CCC(O)CC2)cc1. The van der Waals surface area contributed by atoms with E-state index >= 15 is 0 Å². The van der Waals surface area contributed by atoms with E-state index < -0.39 is 0 Å². The predicted octanol–water partition coefficient (Wildman–Crippen LogP) is 4.20. The molecule has 0 saturated carbocycles. The monoisotopic (exact) mass is 341 g/mol. The Kier molecular flexibility index (Phi) is 5.34. The van der Waals surface area contributed by atoms with Crippen LogP contribution < -0.4 is 4.90 Å². The molecule has 1 fully saturated rings. The second-order valence-electron chi connectivity index (χ2n) is 6.02. The summed E-state index contributed by atoms with van der Waals surface area (Å²) in [6.45, 7) is 1.70. The van der Waals surface area contributed by atoms with Gasteiger partial charge in [0, 0.05) is 29.4 Å². The molecular formula is C20H20ClNO2. The molecule has 1 N–H and O–H groups in total. The fourth-order valence-electron chi connectivity index (χ4n) is 2.84. The van der Waals surface area contributed by atoms with Gasteiger partial charge in [0.05, 0.1) is 6.10 Å². The molecule has 0 bridgehead atoms. The molecule has 3 nitrogen and oxygen atoms in total. The van der Waals surface area contributed by atoms with Gasteiger partial charge in [0.25, 0.3) is 0 Å². The minimum absolute atomic E-state index is 0.0319. The molecule has 0 amide bonds. The predicted molar refractivity (Wildman–Crippen MR) is 98.7 cm³/mol. The summed E-state index contributed by atoms with van der Waals surface area (Å²) >= 11 is 5.94. The smallest absolute Gasteiger partial charge is 0.185 e. The van der Waals surface area contributed by atoms with E-state index in [4.69, 9.17) is 11.6 Å². The van der Waals surface area contributed by atoms with Gasteiger partial charge in [0.15, 0.2) is 5.78 Å². The molecule has 0 atom stereocenters. The van der Waals surface area contributed by atoms with Crippen LogP contribution in [0, 0.1) is 0 Å². The highest BCUT2D eigenvalue weighted by Crippen LogP contribution is 2.21. The molecule has 0 aliphatic carbocycles. The second kappa shape index (κ2) is 7.65. The fraction of sp³-hybridized carbons (Fsp3) is 0.250. The van der Waals surface area contributed by atoms with Gasteiger partial charge in [-0.3, -0.25) is 4.79 Å². The summed E-state index contributed by atoms with van der Waals surface area (Å²) in [7, 11) is 0. The van der Waals surface area contributed by atoms with Gasteiger partial charge >= 0.3 is 0 Å². The highest BCUT2D eigenvalue weighted by Gasteiger charge is 2.17. The zero-order valence-electron chi connectivity index (χ0n) is 13.4. The minimum atomic E-state index is -0.182. The molecule has 2 aromatic rings. The van der Waals surface area contributed by atoms with Gasteiger partial charge in [-0.05, 0) is 60.9 Å². The third-order valence-electron chi connectivity index (χ3n) is 4.26. The van der Waals surface area contributed by atoms with E-state index in [9.17, 15) is 9.90 Å². The Balaban J connectivity index is 1.65. The Morgan fingerprint density at radius 3 is 2.50 bits per heavy atom. The lowest BCUT2D eigenvalue weighted by molar-refractivity contribution is 0.104. The number of anilines is 1. The largest absolute Gasteiger partial charge is 0.393 e. The van der Waals surface area contributed by atoms with Crippen molar-refractivity contribution in [3.05, 3.63) is 70.8 Å². The second-order valence-corrected chi connectivity index (χ2v) is 6.45. The van der Waals surface area contributed by atoms with E-state index in [0.717, 1.165) is 37.2 Å². The number of nitrogens with zero attached hydrogens (tertiary/aromatic N) is 1. The minimum Gasteiger partial charge on any atom is -0.393 e. The molecule has 0 spiro atoms. The van der Waals surface area contributed by atoms with E-state index in [1.807, 2.05) is 42.5 Å². The van der Waals surface area contributed by atoms with Gasteiger partial charge < -0.3 is 10.0 Å². The molecule has 124 valence electrons. The lowest BCUT2D eigenvalue weighted by Gasteiger charge is -2.31. The van der Waals surface area contributed by atoms with Crippen molar-refractivity contribution in [1.29, 1.82) is 0 Å². The molecule has 2 aromatic carbocycles. The number of carbonyl (C=O) groups excluding carboxylic acids is 1. The average Bonchev–Trinajstić information content (AvgIpc) is 2.61. The van der Waals surface area contributed by atoms with Crippen LogP contribution >= 0.6 is 11.6 Å². The molecule has 4 heteroatoms. The number of halogens is 1. The number of aliphatic hydroxyl groups is 1. The Hall–Kier alpha value is -2.10. The first kappa shape index (κ1) is 16.7. The van der Waals surface area contributed by atoms with E-state index in [0.29, 0.717) is 10.6 Å². The zero-order chi connectivity index (χ0) is 16.9. The Morgan fingerprint density at radius 1 is 1.12 bits per heavy atom. The molecule has 0 radical (unpaired) electrons. The molecule has 0 aromatic heterocycles. The Bertz CT molecular complexity index is 732. The van der Waals surface area contributed by atoms with Crippen molar-refractivity contribution in [3.63, 3.8) is 0 Å².